The number of rotatable bonds is 3. The average Bonchev–Trinajstić information content (AvgIpc) is 2.75. The summed E-state index contributed by atoms with van der Waals surface area (Å²) in [5.41, 5.74) is 6.08. The van der Waals surface area contributed by atoms with Crippen LogP contribution >= 0.6 is 27.7 Å². The highest BCUT2D eigenvalue weighted by Gasteiger charge is 2.11. The van der Waals surface area contributed by atoms with E-state index in [4.69, 9.17) is 15.6 Å². The second-order valence-electron chi connectivity index (χ2n) is 3.13. The molecule has 1 aromatic carbocycles. The van der Waals surface area contributed by atoms with E-state index in [2.05, 4.69) is 26.1 Å². The van der Waals surface area contributed by atoms with Crippen molar-refractivity contribution in [2.45, 2.75) is 5.75 Å². The van der Waals surface area contributed by atoms with Crippen molar-refractivity contribution in [2.75, 3.05) is 0 Å². The van der Waals surface area contributed by atoms with E-state index in [1.54, 1.807) is 0 Å². The Balaban J connectivity index is 2.18. The lowest BCUT2D eigenvalue weighted by atomic mass is 10.2. The SMILES string of the molecule is N=C(N)SCc1nnc(-c2ccccc2Br)o1. The quantitative estimate of drug-likeness (QED) is 0.671. The molecule has 0 aliphatic heterocycles. The van der Waals surface area contributed by atoms with Gasteiger partial charge in [-0.2, -0.15) is 0 Å². The molecule has 0 saturated carbocycles. The molecule has 88 valence electrons. The Morgan fingerprint density at radius 3 is 2.88 bits per heavy atom. The lowest BCUT2D eigenvalue weighted by Crippen LogP contribution is -2.03. The Kier molecular flexibility index (Phi) is 3.80. The lowest BCUT2D eigenvalue weighted by molar-refractivity contribution is 0.528. The first-order valence-corrected chi connectivity index (χ1v) is 6.49. The molecule has 0 atom stereocenters. The van der Waals surface area contributed by atoms with Gasteiger partial charge in [0.2, 0.25) is 11.8 Å². The van der Waals surface area contributed by atoms with E-state index in [1.807, 2.05) is 24.3 Å². The molecule has 0 saturated heterocycles. The predicted octanol–water partition coefficient (Wildman–Crippen LogP) is 2.63. The van der Waals surface area contributed by atoms with Gasteiger partial charge in [-0.1, -0.05) is 23.9 Å². The van der Waals surface area contributed by atoms with E-state index in [-0.39, 0.29) is 5.17 Å². The first-order valence-electron chi connectivity index (χ1n) is 4.71. The van der Waals surface area contributed by atoms with Crippen LogP contribution in [-0.4, -0.2) is 15.4 Å². The van der Waals surface area contributed by atoms with E-state index in [1.165, 1.54) is 0 Å². The number of halogens is 1. The van der Waals surface area contributed by atoms with Crippen LogP contribution in [0.4, 0.5) is 0 Å². The fraction of sp³-hybridized carbons (Fsp3) is 0.100. The summed E-state index contributed by atoms with van der Waals surface area (Å²) in [5.74, 6) is 1.32. The molecule has 0 aliphatic carbocycles. The zero-order valence-corrected chi connectivity index (χ0v) is 11.1. The van der Waals surface area contributed by atoms with Crippen LogP contribution in [-0.2, 0) is 5.75 Å². The Morgan fingerprint density at radius 1 is 1.41 bits per heavy atom. The van der Waals surface area contributed by atoms with Gasteiger partial charge < -0.3 is 10.2 Å². The number of nitrogens with zero attached hydrogens (tertiary/aromatic N) is 2. The monoisotopic (exact) mass is 312 g/mol. The fourth-order valence-corrected chi connectivity index (χ4v) is 2.04. The topological polar surface area (TPSA) is 88.8 Å². The number of benzene rings is 1. The number of thioether (sulfide) groups is 1. The molecule has 0 spiro atoms. The van der Waals surface area contributed by atoms with Gasteiger partial charge in [-0.3, -0.25) is 5.41 Å². The van der Waals surface area contributed by atoms with Crippen molar-refractivity contribution in [1.82, 2.24) is 10.2 Å². The summed E-state index contributed by atoms with van der Waals surface area (Å²) in [5, 5.41) is 15.0. The molecule has 5 nitrogen and oxygen atoms in total. The van der Waals surface area contributed by atoms with Gasteiger partial charge in [0.25, 0.3) is 0 Å². The Bertz CT molecular complexity index is 543. The van der Waals surface area contributed by atoms with Crippen molar-refractivity contribution in [1.29, 1.82) is 5.41 Å². The first-order chi connectivity index (χ1) is 8.16. The summed E-state index contributed by atoms with van der Waals surface area (Å²) < 4.78 is 6.37. The number of nitrogens with one attached hydrogen (secondary N) is 1. The van der Waals surface area contributed by atoms with Gasteiger partial charge in [-0.25, -0.2) is 0 Å². The Labute approximate surface area is 110 Å². The highest BCUT2D eigenvalue weighted by atomic mass is 79.9. The molecule has 0 radical (unpaired) electrons. The van der Waals surface area contributed by atoms with Gasteiger partial charge in [-0.15, -0.1) is 10.2 Å². The third kappa shape index (κ3) is 3.07. The molecule has 7 heteroatoms. The molecular weight excluding hydrogens is 304 g/mol. The minimum absolute atomic E-state index is 0.0330. The van der Waals surface area contributed by atoms with Crippen molar-refractivity contribution >= 4 is 32.9 Å². The van der Waals surface area contributed by atoms with Crippen LogP contribution < -0.4 is 5.73 Å². The molecule has 2 aromatic rings. The van der Waals surface area contributed by atoms with E-state index in [0.29, 0.717) is 17.5 Å². The van der Waals surface area contributed by atoms with Crippen LogP contribution in [0.3, 0.4) is 0 Å². The molecule has 1 heterocycles. The number of nitrogens with two attached hydrogens (primary N) is 1. The molecule has 0 unspecified atom stereocenters. The van der Waals surface area contributed by atoms with Crippen LogP contribution in [0, 0.1) is 5.41 Å². The average molecular weight is 313 g/mol. The van der Waals surface area contributed by atoms with Crippen molar-refractivity contribution in [2.24, 2.45) is 5.73 Å². The number of aromatic nitrogens is 2. The maximum atomic E-state index is 7.09. The van der Waals surface area contributed by atoms with Crippen molar-refractivity contribution in [3.8, 4) is 11.5 Å². The maximum Gasteiger partial charge on any atom is 0.248 e. The van der Waals surface area contributed by atoms with Gasteiger partial charge >= 0.3 is 0 Å². The number of amidine groups is 1. The van der Waals surface area contributed by atoms with Gasteiger partial charge in [0.15, 0.2) is 5.17 Å². The van der Waals surface area contributed by atoms with E-state index in [0.717, 1.165) is 21.8 Å². The molecule has 2 rings (SSSR count). The summed E-state index contributed by atoms with van der Waals surface area (Å²) in [7, 11) is 0. The summed E-state index contributed by atoms with van der Waals surface area (Å²) >= 11 is 4.57. The predicted molar refractivity (Wildman–Crippen MR) is 70.6 cm³/mol. The molecule has 1 aromatic heterocycles. The Hall–Kier alpha value is -1.34. The van der Waals surface area contributed by atoms with Crippen molar-refractivity contribution in [3.05, 3.63) is 34.6 Å². The van der Waals surface area contributed by atoms with Crippen LogP contribution in [0.2, 0.25) is 0 Å². The summed E-state index contributed by atoms with van der Waals surface area (Å²) in [6, 6.07) is 7.60. The van der Waals surface area contributed by atoms with E-state index >= 15 is 0 Å². The van der Waals surface area contributed by atoms with Gasteiger partial charge in [0, 0.05) is 4.47 Å². The van der Waals surface area contributed by atoms with Crippen LogP contribution in [0.25, 0.3) is 11.5 Å². The highest BCUT2D eigenvalue weighted by molar-refractivity contribution is 9.10. The van der Waals surface area contributed by atoms with Gasteiger partial charge in [0.1, 0.15) is 0 Å². The van der Waals surface area contributed by atoms with Crippen molar-refractivity contribution in [3.63, 3.8) is 0 Å². The zero-order valence-electron chi connectivity index (χ0n) is 8.68. The van der Waals surface area contributed by atoms with Gasteiger partial charge in [0.05, 0.1) is 11.3 Å². The normalized spacial score (nSPS) is 10.4. The fourth-order valence-electron chi connectivity index (χ4n) is 1.19. The van der Waals surface area contributed by atoms with Crippen LogP contribution in [0.5, 0.6) is 0 Å². The van der Waals surface area contributed by atoms with Gasteiger partial charge in [-0.05, 0) is 28.1 Å². The van der Waals surface area contributed by atoms with E-state index in [9.17, 15) is 0 Å². The standard InChI is InChI=1S/C10H9BrN4OS/c11-7-4-2-1-3-6(7)9-15-14-8(16-9)5-17-10(12)13/h1-4H,5H2,(H3,12,13). The van der Waals surface area contributed by atoms with Crippen LogP contribution in [0.1, 0.15) is 5.89 Å². The third-order valence-corrected chi connectivity index (χ3v) is 3.32. The second kappa shape index (κ2) is 5.33. The number of hydrogen-bond acceptors (Lipinski definition) is 5. The molecule has 17 heavy (non-hydrogen) atoms. The summed E-state index contributed by atoms with van der Waals surface area (Å²) in [6.07, 6.45) is 0. The summed E-state index contributed by atoms with van der Waals surface area (Å²) in [4.78, 5) is 0. The maximum absolute atomic E-state index is 7.09. The molecular formula is C10H9BrN4OS. The highest BCUT2D eigenvalue weighted by Crippen LogP contribution is 2.27. The minimum Gasteiger partial charge on any atom is -0.420 e. The first kappa shape index (κ1) is 12.1. The molecule has 3 N–H and O–H groups in total. The number of hydrogen-bond donors (Lipinski definition) is 2. The Morgan fingerprint density at radius 2 is 2.18 bits per heavy atom. The minimum atomic E-state index is 0.0330. The smallest absolute Gasteiger partial charge is 0.248 e. The molecule has 0 amide bonds. The zero-order chi connectivity index (χ0) is 12.3. The third-order valence-electron chi connectivity index (χ3n) is 1.92. The molecule has 0 bridgehead atoms. The molecule has 0 aliphatic rings. The van der Waals surface area contributed by atoms with Crippen molar-refractivity contribution < 1.29 is 4.42 Å². The molecule has 0 fully saturated rings. The lowest BCUT2D eigenvalue weighted by Gasteiger charge is -1.97. The van der Waals surface area contributed by atoms with E-state index < -0.39 is 0 Å². The van der Waals surface area contributed by atoms with Crippen LogP contribution in [0.15, 0.2) is 33.2 Å². The summed E-state index contributed by atoms with van der Waals surface area (Å²) in [6.45, 7) is 0. The second-order valence-corrected chi connectivity index (χ2v) is 5.01. The largest absolute Gasteiger partial charge is 0.420 e.